The Bertz CT molecular complexity index is 377. The Morgan fingerprint density at radius 3 is 3.06 bits per heavy atom. The lowest BCUT2D eigenvalue weighted by Gasteiger charge is -2.04. The summed E-state index contributed by atoms with van der Waals surface area (Å²) in [7, 11) is 0. The Hall–Kier alpha value is -0.900. The van der Waals surface area contributed by atoms with Crippen LogP contribution in [0.2, 0.25) is 0 Å². The molecule has 1 heterocycles. The Balaban J connectivity index is 1.73. The first-order valence-corrected chi connectivity index (χ1v) is 6.45. The number of carbonyl (C=O) groups is 1. The fraction of sp³-hybridized carbons (Fsp3) is 0.500. The van der Waals surface area contributed by atoms with Gasteiger partial charge in [0, 0.05) is 18.3 Å². The first-order valence-electron chi connectivity index (χ1n) is 5.65. The molecule has 2 rings (SSSR count). The monoisotopic (exact) mass is 282 g/mol. The van der Waals surface area contributed by atoms with E-state index < -0.39 is 0 Å². The van der Waals surface area contributed by atoms with E-state index in [0.717, 1.165) is 18.9 Å². The summed E-state index contributed by atoms with van der Waals surface area (Å²) in [5, 5.41) is 2.92. The maximum absolute atomic E-state index is 11.7. The molecule has 0 spiro atoms. The third-order valence-electron chi connectivity index (χ3n) is 2.76. The zero-order valence-corrected chi connectivity index (χ0v) is 10.7. The Labute approximate surface area is 104 Å². The van der Waals surface area contributed by atoms with Crippen molar-refractivity contribution in [2.24, 2.45) is 5.92 Å². The van der Waals surface area contributed by atoms with Crippen molar-refractivity contribution in [2.75, 3.05) is 6.54 Å². The van der Waals surface area contributed by atoms with Crippen molar-refractivity contribution in [1.29, 1.82) is 0 Å². The van der Waals surface area contributed by atoms with Crippen LogP contribution >= 0.6 is 15.9 Å². The van der Waals surface area contributed by atoms with Gasteiger partial charge < -0.3 is 5.32 Å². The van der Waals surface area contributed by atoms with Crippen molar-refractivity contribution < 1.29 is 4.79 Å². The number of pyridine rings is 1. The first-order chi connectivity index (χ1) is 7.75. The van der Waals surface area contributed by atoms with Crippen molar-refractivity contribution in [3.8, 4) is 0 Å². The SMILES string of the molecule is O=C(NCCCC1CC1)c1ccnc(Br)c1. The first kappa shape index (κ1) is 11.6. The lowest BCUT2D eigenvalue weighted by atomic mass is 10.2. The number of nitrogens with zero attached hydrogens (tertiary/aromatic N) is 1. The fourth-order valence-electron chi connectivity index (χ4n) is 1.64. The van der Waals surface area contributed by atoms with Gasteiger partial charge in [0.15, 0.2) is 0 Å². The molecule has 4 heteroatoms. The largest absolute Gasteiger partial charge is 0.352 e. The van der Waals surface area contributed by atoms with Gasteiger partial charge in [-0.15, -0.1) is 0 Å². The van der Waals surface area contributed by atoms with E-state index >= 15 is 0 Å². The molecule has 1 saturated carbocycles. The quantitative estimate of drug-likeness (QED) is 0.667. The number of rotatable bonds is 5. The van der Waals surface area contributed by atoms with E-state index in [2.05, 4.69) is 26.2 Å². The molecule has 0 unspecified atom stereocenters. The minimum Gasteiger partial charge on any atom is -0.352 e. The number of amides is 1. The smallest absolute Gasteiger partial charge is 0.251 e. The minimum absolute atomic E-state index is 0.0149. The van der Waals surface area contributed by atoms with Gasteiger partial charge in [-0.2, -0.15) is 0 Å². The zero-order chi connectivity index (χ0) is 11.4. The number of carbonyl (C=O) groups excluding carboxylic acids is 1. The minimum atomic E-state index is -0.0149. The van der Waals surface area contributed by atoms with Gasteiger partial charge in [0.1, 0.15) is 4.60 Å². The molecule has 1 aliphatic rings. The van der Waals surface area contributed by atoms with Crippen molar-refractivity contribution in [3.63, 3.8) is 0 Å². The van der Waals surface area contributed by atoms with E-state index in [1.807, 2.05) is 0 Å². The molecule has 1 aromatic heterocycles. The highest BCUT2D eigenvalue weighted by atomic mass is 79.9. The predicted molar refractivity (Wildman–Crippen MR) is 66.2 cm³/mol. The number of hydrogen-bond acceptors (Lipinski definition) is 2. The van der Waals surface area contributed by atoms with Gasteiger partial charge in [0.2, 0.25) is 0 Å². The van der Waals surface area contributed by atoms with Gasteiger partial charge in [-0.05, 0) is 46.8 Å². The fourth-order valence-corrected chi connectivity index (χ4v) is 2.01. The van der Waals surface area contributed by atoms with Crippen molar-refractivity contribution in [3.05, 3.63) is 28.5 Å². The van der Waals surface area contributed by atoms with Crippen molar-refractivity contribution in [2.45, 2.75) is 25.7 Å². The highest BCUT2D eigenvalue weighted by molar-refractivity contribution is 9.10. The van der Waals surface area contributed by atoms with E-state index in [4.69, 9.17) is 0 Å². The van der Waals surface area contributed by atoms with Crippen LogP contribution in [0.3, 0.4) is 0 Å². The summed E-state index contributed by atoms with van der Waals surface area (Å²) in [5.41, 5.74) is 0.660. The molecule has 1 amide bonds. The van der Waals surface area contributed by atoms with E-state index in [-0.39, 0.29) is 5.91 Å². The molecule has 0 aromatic carbocycles. The molecule has 1 aromatic rings. The van der Waals surface area contributed by atoms with Crippen LogP contribution in [-0.4, -0.2) is 17.4 Å². The highest BCUT2D eigenvalue weighted by Crippen LogP contribution is 2.33. The summed E-state index contributed by atoms with van der Waals surface area (Å²) >= 11 is 3.25. The molecule has 16 heavy (non-hydrogen) atoms. The lowest BCUT2D eigenvalue weighted by molar-refractivity contribution is 0.0952. The molecule has 0 radical (unpaired) electrons. The predicted octanol–water partition coefficient (Wildman–Crippen LogP) is 2.76. The molecule has 1 fully saturated rings. The number of nitrogens with one attached hydrogen (secondary N) is 1. The van der Waals surface area contributed by atoms with Crippen LogP contribution < -0.4 is 5.32 Å². The third kappa shape index (κ3) is 3.59. The third-order valence-corrected chi connectivity index (χ3v) is 3.19. The molecular formula is C12H15BrN2O. The Morgan fingerprint density at radius 2 is 2.38 bits per heavy atom. The van der Waals surface area contributed by atoms with E-state index in [1.54, 1.807) is 18.3 Å². The molecule has 0 aliphatic heterocycles. The summed E-state index contributed by atoms with van der Waals surface area (Å²) in [4.78, 5) is 15.7. The van der Waals surface area contributed by atoms with Crippen LogP contribution in [-0.2, 0) is 0 Å². The van der Waals surface area contributed by atoms with Crippen LogP contribution in [0.5, 0.6) is 0 Å². The average Bonchev–Trinajstić information content (AvgIpc) is 3.08. The highest BCUT2D eigenvalue weighted by Gasteiger charge is 2.20. The summed E-state index contributed by atoms with van der Waals surface area (Å²) in [6.07, 6.45) is 6.72. The average molecular weight is 283 g/mol. The van der Waals surface area contributed by atoms with Gasteiger partial charge in [0.25, 0.3) is 5.91 Å². The molecule has 1 aliphatic carbocycles. The molecule has 1 N–H and O–H groups in total. The summed E-state index contributed by atoms with van der Waals surface area (Å²) in [6, 6.07) is 3.46. The summed E-state index contributed by atoms with van der Waals surface area (Å²) in [6.45, 7) is 0.773. The normalized spacial score (nSPS) is 14.8. The molecule has 0 atom stereocenters. The number of halogens is 1. The van der Waals surface area contributed by atoms with E-state index in [9.17, 15) is 4.79 Å². The van der Waals surface area contributed by atoms with Crippen LogP contribution in [0.15, 0.2) is 22.9 Å². The molecule has 0 bridgehead atoms. The molecule has 86 valence electrons. The Morgan fingerprint density at radius 1 is 1.56 bits per heavy atom. The van der Waals surface area contributed by atoms with Gasteiger partial charge in [-0.25, -0.2) is 4.98 Å². The maximum Gasteiger partial charge on any atom is 0.251 e. The van der Waals surface area contributed by atoms with Crippen LogP contribution in [0, 0.1) is 5.92 Å². The van der Waals surface area contributed by atoms with E-state index in [1.165, 1.54) is 19.3 Å². The van der Waals surface area contributed by atoms with Crippen LogP contribution in [0.1, 0.15) is 36.0 Å². The number of aromatic nitrogens is 1. The molecule has 0 saturated heterocycles. The second-order valence-corrected chi connectivity index (χ2v) is 5.02. The zero-order valence-electron chi connectivity index (χ0n) is 9.08. The summed E-state index contributed by atoms with van der Waals surface area (Å²) in [5.74, 6) is 0.922. The topological polar surface area (TPSA) is 42.0 Å². The van der Waals surface area contributed by atoms with Gasteiger partial charge in [0.05, 0.1) is 0 Å². The van der Waals surface area contributed by atoms with Gasteiger partial charge in [-0.1, -0.05) is 12.8 Å². The Kier molecular flexibility index (Phi) is 3.93. The molecular weight excluding hydrogens is 268 g/mol. The lowest BCUT2D eigenvalue weighted by Crippen LogP contribution is -2.24. The maximum atomic E-state index is 11.7. The van der Waals surface area contributed by atoms with Gasteiger partial charge in [-0.3, -0.25) is 4.79 Å². The standard InChI is InChI=1S/C12H15BrN2O/c13-11-8-10(5-7-14-11)12(16)15-6-1-2-9-3-4-9/h5,7-9H,1-4,6H2,(H,15,16). The second-order valence-electron chi connectivity index (χ2n) is 4.21. The summed E-state index contributed by atoms with van der Waals surface area (Å²) < 4.78 is 0.693. The second kappa shape index (κ2) is 5.43. The van der Waals surface area contributed by atoms with Crippen molar-refractivity contribution >= 4 is 21.8 Å². The van der Waals surface area contributed by atoms with E-state index in [0.29, 0.717) is 10.2 Å². The van der Waals surface area contributed by atoms with Crippen molar-refractivity contribution in [1.82, 2.24) is 10.3 Å². The van der Waals surface area contributed by atoms with Crippen LogP contribution in [0.25, 0.3) is 0 Å². The number of hydrogen-bond donors (Lipinski definition) is 1. The molecule has 3 nitrogen and oxygen atoms in total. The van der Waals surface area contributed by atoms with Crippen LogP contribution in [0.4, 0.5) is 0 Å². The van der Waals surface area contributed by atoms with Gasteiger partial charge >= 0.3 is 0 Å².